The number of pyridine rings is 1. The number of rotatable bonds is 8. The first-order valence-corrected chi connectivity index (χ1v) is 7.47. The van der Waals surface area contributed by atoms with Crippen LogP contribution < -0.4 is 4.90 Å². The van der Waals surface area contributed by atoms with E-state index in [1.807, 2.05) is 0 Å². The number of methoxy groups -OCH3 is 1. The zero-order valence-corrected chi connectivity index (χ0v) is 13.4. The second-order valence-electron chi connectivity index (χ2n) is 4.83. The summed E-state index contributed by atoms with van der Waals surface area (Å²) < 4.78 is 9.85. The van der Waals surface area contributed by atoms with Crippen LogP contribution in [0.25, 0.3) is 0 Å². The van der Waals surface area contributed by atoms with Crippen LogP contribution in [0.4, 0.5) is 5.82 Å². The molecule has 124 valence electrons. The first-order chi connectivity index (χ1) is 11.7. The maximum atomic E-state index is 12.7. The molecule has 0 unspecified atom stereocenters. The molecule has 0 spiro atoms. The fourth-order valence-corrected chi connectivity index (χ4v) is 1.98. The number of esters is 1. The van der Waals surface area contributed by atoms with Gasteiger partial charge < -0.3 is 9.47 Å². The number of anilines is 1. The Morgan fingerprint density at radius 3 is 2.79 bits per heavy atom. The second kappa shape index (κ2) is 9.28. The van der Waals surface area contributed by atoms with Crippen LogP contribution in [-0.4, -0.2) is 43.7 Å². The van der Waals surface area contributed by atoms with Gasteiger partial charge in [-0.2, -0.15) is 0 Å². The van der Waals surface area contributed by atoms with Gasteiger partial charge in [-0.3, -0.25) is 14.5 Å². The molecular weight excluding hydrogens is 308 g/mol. The topological polar surface area (TPSA) is 68.7 Å². The van der Waals surface area contributed by atoms with Crippen molar-refractivity contribution in [3.05, 3.63) is 59.7 Å². The third kappa shape index (κ3) is 5.07. The molecule has 0 N–H and O–H groups in total. The Morgan fingerprint density at radius 1 is 1.25 bits per heavy atom. The van der Waals surface area contributed by atoms with Gasteiger partial charge in [0.15, 0.2) is 0 Å². The summed E-state index contributed by atoms with van der Waals surface area (Å²) >= 11 is 0. The largest absolute Gasteiger partial charge is 0.463 e. The van der Waals surface area contributed by atoms with E-state index in [1.54, 1.807) is 42.6 Å². The SMILES string of the molecule is COCCOC(=O)CCN(C(=O)C1=CC=C=C=C1)c1ccccn1. The molecule has 6 heteroatoms. The van der Waals surface area contributed by atoms with Gasteiger partial charge in [-0.25, -0.2) is 4.98 Å². The van der Waals surface area contributed by atoms with Crippen molar-refractivity contribution in [2.45, 2.75) is 6.42 Å². The number of aromatic nitrogens is 1. The summed E-state index contributed by atoms with van der Waals surface area (Å²) in [5, 5.41) is 0. The quantitative estimate of drug-likeness (QED) is 0.414. The highest BCUT2D eigenvalue weighted by atomic mass is 16.6. The van der Waals surface area contributed by atoms with Gasteiger partial charge in [0.05, 0.1) is 13.0 Å². The molecule has 6 nitrogen and oxygen atoms in total. The molecule has 1 heterocycles. The lowest BCUT2D eigenvalue weighted by atomic mass is 10.1. The fourth-order valence-electron chi connectivity index (χ4n) is 1.98. The third-order valence-corrected chi connectivity index (χ3v) is 3.17. The fraction of sp³-hybridized carbons (Fsp3) is 0.278. The minimum absolute atomic E-state index is 0.0642. The number of carbonyl (C=O) groups is 2. The van der Waals surface area contributed by atoms with E-state index in [0.717, 1.165) is 0 Å². The van der Waals surface area contributed by atoms with E-state index in [2.05, 4.69) is 16.4 Å². The zero-order chi connectivity index (χ0) is 17.2. The molecule has 0 fully saturated rings. The Bertz CT molecular complexity index is 712. The Morgan fingerprint density at radius 2 is 2.12 bits per heavy atom. The molecule has 1 aliphatic carbocycles. The number of ether oxygens (including phenoxy) is 2. The van der Waals surface area contributed by atoms with Gasteiger partial charge >= 0.3 is 5.97 Å². The summed E-state index contributed by atoms with van der Waals surface area (Å²) in [4.78, 5) is 30.1. The smallest absolute Gasteiger partial charge is 0.307 e. The highest BCUT2D eigenvalue weighted by Gasteiger charge is 2.21. The molecule has 24 heavy (non-hydrogen) atoms. The summed E-state index contributed by atoms with van der Waals surface area (Å²) in [5.41, 5.74) is 5.95. The Hall–Kier alpha value is -2.91. The van der Waals surface area contributed by atoms with E-state index >= 15 is 0 Å². The van der Waals surface area contributed by atoms with Gasteiger partial charge in [-0.15, -0.1) is 0 Å². The first kappa shape index (κ1) is 17.4. The zero-order valence-electron chi connectivity index (χ0n) is 13.4. The standard InChI is InChI=1S/C18H18N2O4/c1-23-13-14-24-17(21)10-12-20(16-9-5-6-11-19-16)18(22)15-7-3-2-4-8-15/h3,5-9,11H,10,12-14H2,1H3. The van der Waals surface area contributed by atoms with Gasteiger partial charge in [0, 0.05) is 31.5 Å². The van der Waals surface area contributed by atoms with Crippen LogP contribution >= 0.6 is 0 Å². The minimum atomic E-state index is -0.395. The molecule has 1 amide bonds. The lowest BCUT2D eigenvalue weighted by Crippen LogP contribution is -2.34. The molecule has 0 saturated heterocycles. The van der Waals surface area contributed by atoms with E-state index in [9.17, 15) is 9.59 Å². The summed E-state index contributed by atoms with van der Waals surface area (Å²) in [5.74, 6) is -0.183. The maximum Gasteiger partial charge on any atom is 0.307 e. The number of carbonyl (C=O) groups excluding carboxylic acids is 2. The van der Waals surface area contributed by atoms with Crippen LogP contribution in [0, 0.1) is 0 Å². The van der Waals surface area contributed by atoms with Crippen molar-refractivity contribution in [2.24, 2.45) is 0 Å². The molecule has 0 saturated carbocycles. The minimum Gasteiger partial charge on any atom is -0.463 e. The van der Waals surface area contributed by atoms with Crippen molar-refractivity contribution >= 4 is 17.7 Å². The Kier molecular flexibility index (Phi) is 6.74. The van der Waals surface area contributed by atoms with Crippen molar-refractivity contribution < 1.29 is 19.1 Å². The summed E-state index contributed by atoms with van der Waals surface area (Å²) in [6.45, 7) is 0.696. The van der Waals surface area contributed by atoms with Gasteiger partial charge in [0.25, 0.3) is 5.91 Å². The predicted octanol–water partition coefficient (Wildman–Crippen LogP) is 1.80. The van der Waals surface area contributed by atoms with Gasteiger partial charge in [-0.1, -0.05) is 17.5 Å². The molecule has 0 aliphatic heterocycles. The van der Waals surface area contributed by atoms with Crippen LogP contribution in [0.1, 0.15) is 6.42 Å². The van der Waals surface area contributed by atoms with Crippen molar-refractivity contribution in [2.75, 3.05) is 31.8 Å². The number of amides is 1. The number of hydrogen-bond acceptors (Lipinski definition) is 5. The molecule has 0 atom stereocenters. The van der Waals surface area contributed by atoms with Crippen LogP contribution in [-0.2, 0) is 19.1 Å². The predicted molar refractivity (Wildman–Crippen MR) is 88.3 cm³/mol. The van der Waals surface area contributed by atoms with Gasteiger partial charge in [-0.05, 0) is 24.3 Å². The van der Waals surface area contributed by atoms with Crippen molar-refractivity contribution in [3.63, 3.8) is 0 Å². The first-order valence-electron chi connectivity index (χ1n) is 7.47. The highest BCUT2D eigenvalue weighted by molar-refractivity contribution is 6.07. The summed E-state index contributed by atoms with van der Waals surface area (Å²) in [6.07, 6.45) is 6.47. The Balaban J connectivity index is 2.06. The number of hydrogen-bond donors (Lipinski definition) is 0. The molecular formula is C18H18N2O4. The van der Waals surface area contributed by atoms with E-state index < -0.39 is 5.97 Å². The van der Waals surface area contributed by atoms with Crippen LogP contribution in [0.3, 0.4) is 0 Å². The Labute approximate surface area is 140 Å². The highest BCUT2D eigenvalue weighted by Crippen LogP contribution is 2.15. The second-order valence-corrected chi connectivity index (χ2v) is 4.83. The summed E-state index contributed by atoms with van der Waals surface area (Å²) in [7, 11) is 1.53. The molecule has 1 aromatic rings. The monoisotopic (exact) mass is 326 g/mol. The van der Waals surface area contributed by atoms with E-state index in [-0.39, 0.29) is 25.5 Å². The normalized spacial score (nSPS) is 12.0. The molecule has 1 aromatic heterocycles. The average molecular weight is 326 g/mol. The van der Waals surface area contributed by atoms with Gasteiger partial charge in [0.1, 0.15) is 12.4 Å². The van der Waals surface area contributed by atoms with E-state index in [4.69, 9.17) is 9.47 Å². The van der Waals surface area contributed by atoms with Crippen molar-refractivity contribution in [3.8, 4) is 0 Å². The molecule has 2 rings (SSSR count). The number of allylic oxidation sites excluding steroid dienone is 2. The lowest BCUT2D eigenvalue weighted by molar-refractivity contribution is -0.144. The van der Waals surface area contributed by atoms with E-state index in [1.165, 1.54) is 12.0 Å². The molecule has 0 aromatic carbocycles. The van der Waals surface area contributed by atoms with Crippen LogP contribution in [0.15, 0.2) is 59.7 Å². The molecule has 0 radical (unpaired) electrons. The lowest BCUT2D eigenvalue weighted by Gasteiger charge is -2.21. The van der Waals surface area contributed by atoms with E-state index in [0.29, 0.717) is 18.0 Å². The summed E-state index contributed by atoms with van der Waals surface area (Å²) in [6, 6.07) is 5.26. The molecule has 1 aliphatic rings. The van der Waals surface area contributed by atoms with Crippen molar-refractivity contribution in [1.29, 1.82) is 0 Å². The van der Waals surface area contributed by atoms with Crippen LogP contribution in [0.2, 0.25) is 0 Å². The van der Waals surface area contributed by atoms with Crippen LogP contribution in [0.5, 0.6) is 0 Å². The molecule has 0 bridgehead atoms. The maximum absolute atomic E-state index is 12.7. The number of nitrogens with zero attached hydrogens (tertiary/aromatic N) is 2. The van der Waals surface area contributed by atoms with Crippen molar-refractivity contribution in [1.82, 2.24) is 4.98 Å². The third-order valence-electron chi connectivity index (χ3n) is 3.17. The average Bonchev–Trinajstić information content (AvgIpc) is 2.63. The van der Waals surface area contributed by atoms with Gasteiger partial charge in [0.2, 0.25) is 0 Å².